The van der Waals surface area contributed by atoms with Crippen LogP contribution >= 0.6 is 23.2 Å². The van der Waals surface area contributed by atoms with Gasteiger partial charge in [-0.05, 0) is 18.6 Å². The van der Waals surface area contributed by atoms with Crippen LogP contribution in [-0.2, 0) is 0 Å². The molecule has 3 N–H and O–H groups in total. The first-order chi connectivity index (χ1) is 9.90. The van der Waals surface area contributed by atoms with E-state index in [4.69, 9.17) is 28.9 Å². The van der Waals surface area contributed by atoms with Gasteiger partial charge in [-0.1, -0.05) is 35.3 Å². The number of nitrogens with two attached hydrogens (primary N) is 1. The number of hydrogen-bond acceptors (Lipinski definition) is 6. The molecule has 110 valence electrons. The van der Waals surface area contributed by atoms with Crippen LogP contribution in [0.3, 0.4) is 0 Å². The van der Waals surface area contributed by atoms with Gasteiger partial charge in [0, 0.05) is 0 Å². The highest BCUT2D eigenvalue weighted by Crippen LogP contribution is 2.31. The number of hydrogen-bond donors (Lipinski definition) is 2. The number of benzene rings is 1. The molecule has 2 aromatic rings. The Kier molecular flexibility index (Phi) is 4.44. The van der Waals surface area contributed by atoms with Crippen molar-refractivity contribution < 1.29 is 4.92 Å². The third-order valence-electron chi connectivity index (χ3n) is 2.79. The highest BCUT2D eigenvalue weighted by molar-refractivity contribution is 6.42. The molecule has 0 amide bonds. The Morgan fingerprint density at radius 2 is 2.14 bits per heavy atom. The first kappa shape index (κ1) is 15.3. The van der Waals surface area contributed by atoms with Gasteiger partial charge in [-0.15, -0.1) is 0 Å². The molecule has 1 atom stereocenters. The van der Waals surface area contributed by atoms with E-state index in [1.54, 1.807) is 18.2 Å². The Balaban J connectivity index is 2.24. The number of halogens is 2. The van der Waals surface area contributed by atoms with Crippen LogP contribution in [0.5, 0.6) is 0 Å². The van der Waals surface area contributed by atoms with Gasteiger partial charge in [0.1, 0.15) is 6.20 Å². The molecule has 0 bridgehead atoms. The van der Waals surface area contributed by atoms with E-state index in [2.05, 4.69) is 15.3 Å². The number of rotatable bonds is 4. The molecule has 0 fully saturated rings. The molecule has 0 aliphatic heterocycles. The van der Waals surface area contributed by atoms with Crippen LogP contribution in [0.1, 0.15) is 18.5 Å². The molecule has 7 nitrogen and oxygen atoms in total. The van der Waals surface area contributed by atoms with Crippen molar-refractivity contribution in [2.24, 2.45) is 0 Å². The van der Waals surface area contributed by atoms with Crippen molar-refractivity contribution in [2.75, 3.05) is 11.1 Å². The van der Waals surface area contributed by atoms with Crippen molar-refractivity contribution in [1.29, 1.82) is 0 Å². The lowest BCUT2D eigenvalue weighted by Gasteiger charge is -2.16. The fraction of sp³-hybridized carbons (Fsp3) is 0.167. The van der Waals surface area contributed by atoms with E-state index in [9.17, 15) is 10.1 Å². The van der Waals surface area contributed by atoms with E-state index in [0.29, 0.717) is 10.0 Å². The molecule has 2 rings (SSSR count). The fourth-order valence-electron chi connectivity index (χ4n) is 1.73. The topological polar surface area (TPSA) is 107 Å². The summed E-state index contributed by atoms with van der Waals surface area (Å²) in [5.74, 6) is -0.0384. The summed E-state index contributed by atoms with van der Waals surface area (Å²) < 4.78 is 0. The largest absolute Gasteiger partial charge is 0.378 e. The van der Waals surface area contributed by atoms with Gasteiger partial charge in [-0.3, -0.25) is 10.1 Å². The zero-order valence-electron chi connectivity index (χ0n) is 10.9. The Bertz CT molecular complexity index is 695. The predicted molar refractivity (Wildman–Crippen MR) is 81.6 cm³/mol. The van der Waals surface area contributed by atoms with E-state index in [1.165, 1.54) is 0 Å². The molecule has 1 heterocycles. The van der Waals surface area contributed by atoms with Crippen LogP contribution in [0.25, 0.3) is 0 Å². The zero-order valence-corrected chi connectivity index (χ0v) is 12.4. The summed E-state index contributed by atoms with van der Waals surface area (Å²) in [6.45, 7) is 1.83. The molecular weight excluding hydrogens is 317 g/mol. The van der Waals surface area contributed by atoms with Crippen molar-refractivity contribution >= 4 is 40.7 Å². The maximum absolute atomic E-state index is 10.7. The van der Waals surface area contributed by atoms with Gasteiger partial charge in [0.15, 0.2) is 0 Å². The van der Waals surface area contributed by atoms with Gasteiger partial charge >= 0.3 is 5.69 Å². The van der Waals surface area contributed by atoms with Crippen molar-refractivity contribution in [3.05, 3.63) is 50.1 Å². The van der Waals surface area contributed by atoms with E-state index in [0.717, 1.165) is 11.8 Å². The molecule has 1 unspecified atom stereocenters. The molecule has 0 spiro atoms. The third kappa shape index (κ3) is 3.32. The molecular formula is C12H11Cl2N5O2. The van der Waals surface area contributed by atoms with E-state index < -0.39 is 4.92 Å². The summed E-state index contributed by atoms with van der Waals surface area (Å²) in [7, 11) is 0. The van der Waals surface area contributed by atoms with Gasteiger partial charge in [0.2, 0.25) is 11.8 Å². The lowest BCUT2D eigenvalue weighted by Crippen LogP contribution is -2.11. The van der Waals surface area contributed by atoms with Crippen molar-refractivity contribution in [1.82, 2.24) is 9.97 Å². The number of nitrogens with one attached hydrogen (secondary N) is 1. The van der Waals surface area contributed by atoms with Crippen LogP contribution in [0.15, 0.2) is 24.4 Å². The Hall–Kier alpha value is -2.12. The van der Waals surface area contributed by atoms with Crippen molar-refractivity contribution in [3.63, 3.8) is 0 Å². The average molecular weight is 328 g/mol. The number of aromatic nitrogens is 2. The van der Waals surface area contributed by atoms with Crippen LogP contribution in [-0.4, -0.2) is 14.9 Å². The fourth-order valence-corrected chi connectivity index (χ4v) is 2.20. The van der Waals surface area contributed by atoms with Gasteiger partial charge in [-0.2, -0.15) is 4.98 Å². The standard InChI is InChI=1S/C12H11Cl2N5O2/c1-6(7-3-2-4-8(13)10(7)14)17-12-16-5-9(19(20)21)11(15)18-12/h2-6H,1H3,(H3,15,16,17,18). The molecule has 1 aromatic heterocycles. The summed E-state index contributed by atoms with van der Waals surface area (Å²) in [5.41, 5.74) is 5.93. The van der Waals surface area contributed by atoms with Crippen molar-refractivity contribution in [2.45, 2.75) is 13.0 Å². The van der Waals surface area contributed by atoms with E-state index in [-0.39, 0.29) is 23.5 Å². The highest BCUT2D eigenvalue weighted by atomic mass is 35.5. The second kappa shape index (κ2) is 6.11. The minimum atomic E-state index is -0.642. The Labute approximate surface area is 130 Å². The number of nitrogens with zero attached hydrogens (tertiary/aromatic N) is 3. The number of nitrogen functional groups attached to an aromatic ring is 1. The first-order valence-corrected chi connectivity index (χ1v) is 6.63. The summed E-state index contributed by atoms with van der Waals surface area (Å²) in [6.07, 6.45) is 1.05. The SMILES string of the molecule is CC(Nc1ncc([N+](=O)[O-])c(N)n1)c1cccc(Cl)c1Cl. The molecule has 0 radical (unpaired) electrons. The Morgan fingerprint density at radius 1 is 1.43 bits per heavy atom. The lowest BCUT2D eigenvalue weighted by molar-refractivity contribution is -0.384. The van der Waals surface area contributed by atoms with Gasteiger partial charge in [0.25, 0.3) is 0 Å². The van der Waals surface area contributed by atoms with E-state index >= 15 is 0 Å². The number of nitro groups is 1. The maximum atomic E-state index is 10.7. The lowest BCUT2D eigenvalue weighted by atomic mass is 10.1. The van der Waals surface area contributed by atoms with Gasteiger partial charge in [-0.25, -0.2) is 4.98 Å². The van der Waals surface area contributed by atoms with E-state index in [1.807, 2.05) is 6.92 Å². The zero-order chi connectivity index (χ0) is 15.6. The minimum absolute atomic E-state index is 0.168. The normalized spacial score (nSPS) is 12.0. The Morgan fingerprint density at radius 3 is 2.76 bits per heavy atom. The maximum Gasteiger partial charge on any atom is 0.329 e. The summed E-state index contributed by atoms with van der Waals surface area (Å²) in [5, 5.41) is 14.5. The highest BCUT2D eigenvalue weighted by Gasteiger charge is 2.17. The predicted octanol–water partition coefficient (Wildman–Crippen LogP) is 3.45. The third-order valence-corrected chi connectivity index (χ3v) is 3.62. The molecule has 9 heteroatoms. The molecule has 1 aromatic carbocycles. The molecule has 0 aliphatic carbocycles. The monoisotopic (exact) mass is 327 g/mol. The summed E-state index contributed by atoms with van der Waals surface area (Å²) in [4.78, 5) is 17.7. The smallest absolute Gasteiger partial charge is 0.329 e. The van der Waals surface area contributed by atoms with Crippen LogP contribution in [0, 0.1) is 10.1 Å². The van der Waals surface area contributed by atoms with Crippen LogP contribution in [0.4, 0.5) is 17.5 Å². The van der Waals surface area contributed by atoms with Crippen molar-refractivity contribution in [3.8, 4) is 0 Å². The van der Waals surface area contributed by atoms with Crippen LogP contribution in [0.2, 0.25) is 10.0 Å². The van der Waals surface area contributed by atoms with Crippen LogP contribution < -0.4 is 11.1 Å². The second-order valence-corrected chi connectivity index (χ2v) is 5.02. The van der Waals surface area contributed by atoms with Gasteiger partial charge < -0.3 is 11.1 Å². The molecule has 21 heavy (non-hydrogen) atoms. The molecule has 0 aliphatic rings. The minimum Gasteiger partial charge on any atom is -0.378 e. The first-order valence-electron chi connectivity index (χ1n) is 5.87. The molecule has 0 saturated carbocycles. The molecule has 0 saturated heterocycles. The average Bonchev–Trinajstić information content (AvgIpc) is 2.41. The quantitative estimate of drug-likeness (QED) is 0.657. The second-order valence-electron chi connectivity index (χ2n) is 4.23. The number of anilines is 2. The summed E-state index contributed by atoms with van der Waals surface area (Å²) in [6, 6.07) is 5.01. The van der Waals surface area contributed by atoms with Gasteiger partial charge in [0.05, 0.1) is 21.0 Å². The summed E-state index contributed by atoms with van der Waals surface area (Å²) >= 11 is 12.1.